The fraction of sp³-hybridized carbons (Fsp3) is 0.480. The topological polar surface area (TPSA) is 74.2 Å². The van der Waals surface area contributed by atoms with Gasteiger partial charge in [-0.3, -0.25) is 0 Å². The zero-order chi connectivity index (χ0) is 21.0. The first kappa shape index (κ1) is 20.3. The molecule has 3 heterocycles. The van der Waals surface area contributed by atoms with Gasteiger partial charge in [0.1, 0.15) is 5.82 Å². The molecule has 31 heavy (non-hydrogen) atoms. The minimum atomic E-state index is 0.186. The fourth-order valence-corrected chi connectivity index (χ4v) is 5.15. The number of rotatable bonds is 5. The van der Waals surface area contributed by atoms with E-state index >= 15 is 0 Å². The van der Waals surface area contributed by atoms with Gasteiger partial charge in [-0.15, -0.1) is 0 Å². The van der Waals surface area contributed by atoms with Gasteiger partial charge >= 0.3 is 0 Å². The Morgan fingerprint density at radius 2 is 1.81 bits per heavy atom. The van der Waals surface area contributed by atoms with Crippen LogP contribution in [0.3, 0.4) is 0 Å². The zero-order valence-electron chi connectivity index (χ0n) is 18.0. The van der Waals surface area contributed by atoms with Crippen molar-refractivity contribution in [3.63, 3.8) is 0 Å². The Morgan fingerprint density at radius 3 is 2.61 bits per heavy atom. The molecule has 2 aromatic heterocycles. The van der Waals surface area contributed by atoms with E-state index in [0.29, 0.717) is 17.9 Å². The molecule has 0 spiro atoms. The van der Waals surface area contributed by atoms with Crippen LogP contribution in [0.25, 0.3) is 22.3 Å². The maximum atomic E-state index is 10.2. The van der Waals surface area contributed by atoms with Gasteiger partial charge in [-0.25, -0.2) is 15.0 Å². The van der Waals surface area contributed by atoms with E-state index in [1.54, 1.807) is 12.4 Å². The van der Waals surface area contributed by atoms with Crippen LogP contribution in [0.5, 0.6) is 0 Å². The average molecular weight is 418 g/mol. The summed E-state index contributed by atoms with van der Waals surface area (Å²) >= 11 is 0. The summed E-state index contributed by atoms with van der Waals surface area (Å²) in [5.74, 6) is 1.80. The minimum absolute atomic E-state index is 0.186. The van der Waals surface area contributed by atoms with Crippen LogP contribution in [0.4, 0.5) is 5.82 Å². The summed E-state index contributed by atoms with van der Waals surface area (Å²) in [6, 6.07) is 13.1. The highest BCUT2D eigenvalue weighted by molar-refractivity contribution is 5.88. The number of anilines is 1. The van der Waals surface area contributed by atoms with Gasteiger partial charge in [-0.1, -0.05) is 37.5 Å². The molecule has 6 nitrogen and oxygen atoms in total. The van der Waals surface area contributed by atoms with Gasteiger partial charge in [0.2, 0.25) is 0 Å². The first-order chi connectivity index (χ1) is 15.3. The third-order valence-corrected chi connectivity index (χ3v) is 6.83. The molecule has 2 fully saturated rings. The number of aliphatic hydroxyl groups is 1. The van der Waals surface area contributed by atoms with Gasteiger partial charge in [0, 0.05) is 55.5 Å². The average Bonchev–Trinajstić information content (AvgIpc) is 2.84. The van der Waals surface area contributed by atoms with Crippen LogP contribution in [0.2, 0.25) is 0 Å². The van der Waals surface area contributed by atoms with Crippen molar-refractivity contribution in [1.82, 2.24) is 20.3 Å². The second kappa shape index (κ2) is 9.28. The van der Waals surface area contributed by atoms with Crippen molar-refractivity contribution in [2.24, 2.45) is 5.92 Å². The Balaban J connectivity index is 1.43. The molecular weight excluding hydrogens is 386 g/mol. The quantitative estimate of drug-likeness (QED) is 0.658. The predicted molar refractivity (Wildman–Crippen MR) is 124 cm³/mol. The molecule has 2 aliphatic rings. The maximum Gasteiger partial charge on any atom is 0.162 e. The molecule has 1 aliphatic heterocycles. The maximum absolute atomic E-state index is 10.2. The van der Waals surface area contributed by atoms with Crippen molar-refractivity contribution in [2.45, 2.75) is 50.6 Å². The number of aliphatic hydroxyl groups excluding tert-OH is 1. The predicted octanol–water partition coefficient (Wildman–Crippen LogP) is 3.80. The molecule has 2 unspecified atom stereocenters. The van der Waals surface area contributed by atoms with Crippen molar-refractivity contribution in [2.75, 3.05) is 24.6 Å². The smallest absolute Gasteiger partial charge is 0.162 e. The van der Waals surface area contributed by atoms with E-state index in [1.807, 2.05) is 18.2 Å². The van der Waals surface area contributed by atoms with Crippen LogP contribution in [-0.2, 0) is 0 Å². The van der Waals surface area contributed by atoms with E-state index in [0.717, 1.165) is 41.8 Å². The lowest BCUT2D eigenvalue weighted by Crippen LogP contribution is -2.53. The van der Waals surface area contributed by atoms with Gasteiger partial charge < -0.3 is 15.3 Å². The molecule has 5 rings (SSSR count). The molecular formula is C25H31N5O. The standard InChI is InChI=1S/C25H31N5O/c31-17-19-16-30(14-11-23(19)28-20-8-2-1-3-9-20)25-21(24-26-12-6-13-27-24)15-18-7-4-5-10-22(18)29-25/h4-7,10,12-13,15,19-20,23,28,31H,1-3,8-9,11,14,16-17H2. The Bertz CT molecular complexity index is 1010. The second-order valence-corrected chi connectivity index (χ2v) is 8.91. The molecule has 1 aliphatic carbocycles. The summed E-state index contributed by atoms with van der Waals surface area (Å²) in [6.07, 6.45) is 11.1. The van der Waals surface area contributed by atoms with E-state index in [4.69, 9.17) is 4.98 Å². The monoisotopic (exact) mass is 417 g/mol. The van der Waals surface area contributed by atoms with Crippen molar-refractivity contribution in [3.05, 3.63) is 48.8 Å². The summed E-state index contributed by atoms with van der Waals surface area (Å²) in [5.41, 5.74) is 1.93. The van der Waals surface area contributed by atoms with Gasteiger partial charge in [-0.05, 0) is 37.5 Å². The molecule has 6 heteroatoms. The van der Waals surface area contributed by atoms with E-state index < -0.39 is 0 Å². The van der Waals surface area contributed by atoms with Crippen molar-refractivity contribution < 1.29 is 5.11 Å². The molecule has 2 atom stereocenters. The lowest BCUT2D eigenvalue weighted by atomic mass is 9.89. The highest BCUT2D eigenvalue weighted by atomic mass is 16.3. The number of hydrogen-bond acceptors (Lipinski definition) is 6. The number of benzene rings is 1. The zero-order valence-corrected chi connectivity index (χ0v) is 18.0. The summed E-state index contributed by atoms with van der Waals surface area (Å²) in [7, 11) is 0. The van der Waals surface area contributed by atoms with Crippen LogP contribution in [0, 0.1) is 5.92 Å². The first-order valence-corrected chi connectivity index (χ1v) is 11.6. The van der Waals surface area contributed by atoms with E-state index in [9.17, 15) is 5.11 Å². The van der Waals surface area contributed by atoms with Gasteiger partial charge in [0.05, 0.1) is 11.1 Å². The largest absolute Gasteiger partial charge is 0.396 e. The number of fused-ring (bicyclic) bond motifs is 1. The summed E-state index contributed by atoms with van der Waals surface area (Å²) in [5, 5.41) is 15.2. The molecule has 1 aromatic carbocycles. The van der Waals surface area contributed by atoms with E-state index in [2.05, 4.69) is 38.4 Å². The van der Waals surface area contributed by atoms with Crippen LogP contribution < -0.4 is 10.2 Å². The van der Waals surface area contributed by atoms with Crippen LogP contribution in [0.1, 0.15) is 38.5 Å². The van der Waals surface area contributed by atoms with E-state index in [1.165, 1.54) is 32.1 Å². The molecule has 2 N–H and O–H groups in total. The SMILES string of the molecule is OCC1CN(c2nc3ccccc3cc2-c2ncccn2)CCC1NC1CCCCC1. The Morgan fingerprint density at radius 1 is 1.00 bits per heavy atom. The van der Waals surface area contributed by atoms with Crippen molar-refractivity contribution in [1.29, 1.82) is 0 Å². The highest BCUT2D eigenvalue weighted by Crippen LogP contribution is 2.33. The van der Waals surface area contributed by atoms with Gasteiger partial charge in [0.15, 0.2) is 5.82 Å². The Hall–Kier alpha value is -2.57. The number of nitrogens with zero attached hydrogens (tertiary/aromatic N) is 4. The number of para-hydroxylation sites is 1. The van der Waals surface area contributed by atoms with E-state index in [-0.39, 0.29) is 12.5 Å². The lowest BCUT2D eigenvalue weighted by molar-refractivity contribution is 0.160. The number of aromatic nitrogens is 3. The number of piperidine rings is 1. The van der Waals surface area contributed by atoms with Crippen LogP contribution >= 0.6 is 0 Å². The summed E-state index contributed by atoms with van der Waals surface area (Å²) in [4.78, 5) is 16.4. The number of nitrogens with one attached hydrogen (secondary N) is 1. The molecule has 0 amide bonds. The number of hydrogen-bond donors (Lipinski definition) is 2. The molecule has 1 saturated carbocycles. The minimum Gasteiger partial charge on any atom is -0.396 e. The fourth-order valence-electron chi connectivity index (χ4n) is 5.15. The van der Waals surface area contributed by atoms with Crippen LogP contribution in [0.15, 0.2) is 48.8 Å². The lowest BCUT2D eigenvalue weighted by Gasteiger charge is -2.41. The van der Waals surface area contributed by atoms with Gasteiger partial charge in [-0.2, -0.15) is 0 Å². The second-order valence-electron chi connectivity index (χ2n) is 8.91. The van der Waals surface area contributed by atoms with Crippen molar-refractivity contribution in [3.8, 4) is 11.4 Å². The Kier molecular flexibility index (Phi) is 6.09. The third-order valence-electron chi connectivity index (χ3n) is 6.83. The highest BCUT2D eigenvalue weighted by Gasteiger charge is 2.32. The molecule has 1 saturated heterocycles. The Labute approximate surface area is 183 Å². The molecule has 3 aromatic rings. The third kappa shape index (κ3) is 4.41. The van der Waals surface area contributed by atoms with Crippen LogP contribution in [-0.4, -0.2) is 51.8 Å². The normalized spacial score (nSPS) is 22.7. The van der Waals surface area contributed by atoms with Gasteiger partial charge in [0.25, 0.3) is 0 Å². The molecule has 0 radical (unpaired) electrons. The molecule has 162 valence electrons. The summed E-state index contributed by atoms with van der Waals surface area (Å²) < 4.78 is 0. The summed E-state index contributed by atoms with van der Waals surface area (Å²) in [6.45, 7) is 1.88. The molecule has 0 bridgehead atoms. The number of pyridine rings is 1. The first-order valence-electron chi connectivity index (χ1n) is 11.6. The van der Waals surface area contributed by atoms with Crippen molar-refractivity contribution >= 4 is 16.7 Å².